The van der Waals surface area contributed by atoms with E-state index >= 15 is 0 Å². The van der Waals surface area contributed by atoms with Crippen LogP contribution in [0.1, 0.15) is 16.7 Å². The molecule has 2 rings (SSSR count). The Balaban J connectivity index is 2.19. The molecule has 0 aliphatic heterocycles. The highest BCUT2D eigenvalue weighted by Gasteiger charge is 2.08. The van der Waals surface area contributed by atoms with E-state index in [0.717, 1.165) is 5.56 Å². The zero-order chi connectivity index (χ0) is 13.8. The normalized spacial score (nSPS) is 10.5. The molecular weight excluding hydrogens is 267 g/mol. The van der Waals surface area contributed by atoms with E-state index in [1.54, 1.807) is 18.2 Å². The molecule has 100 valence electrons. The lowest BCUT2D eigenvalue weighted by Crippen LogP contribution is -2.02. The zero-order valence-corrected chi connectivity index (χ0v) is 11.2. The summed E-state index contributed by atoms with van der Waals surface area (Å²) in [7, 11) is 0. The first-order valence-corrected chi connectivity index (χ1v) is 6.25. The van der Waals surface area contributed by atoms with Gasteiger partial charge in [0.05, 0.1) is 6.61 Å². The van der Waals surface area contributed by atoms with Gasteiger partial charge in [-0.05, 0) is 24.6 Å². The molecule has 0 radical (unpaired) electrons. The van der Waals surface area contributed by atoms with E-state index in [1.807, 2.05) is 19.1 Å². The molecule has 0 heterocycles. The summed E-state index contributed by atoms with van der Waals surface area (Å²) in [5.74, 6) is 0.200. The first-order valence-electron chi connectivity index (χ1n) is 5.88. The topological polar surface area (TPSA) is 29.5 Å². The molecule has 1 N–H and O–H groups in total. The number of halogens is 2. The maximum Gasteiger partial charge on any atom is 0.131 e. The predicted octanol–water partition coefficient (Wildman–Crippen LogP) is 3.86. The monoisotopic (exact) mass is 280 g/mol. The number of aliphatic hydroxyl groups excluding tert-OH is 1. The van der Waals surface area contributed by atoms with Crippen LogP contribution in [0.15, 0.2) is 36.4 Å². The summed E-state index contributed by atoms with van der Waals surface area (Å²) in [6, 6.07) is 9.97. The quantitative estimate of drug-likeness (QED) is 0.921. The molecule has 0 bridgehead atoms. The van der Waals surface area contributed by atoms with Crippen molar-refractivity contribution < 1.29 is 14.2 Å². The summed E-state index contributed by atoms with van der Waals surface area (Å²) in [6.45, 7) is 1.87. The number of benzene rings is 2. The van der Waals surface area contributed by atoms with Gasteiger partial charge in [-0.25, -0.2) is 4.39 Å². The molecule has 2 aromatic rings. The van der Waals surface area contributed by atoms with Gasteiger partial charge in [0.2, 0.25) is 0 Å². The molecule has 0 spiro atoms. The Morgan fingerprint density at radius 2 is 2.00 bits per heavy atom. The Bertz CT molecular complexity index is 584. The second kappa shape index (κ2) is 6.04. The molecule has 0 aliphatic rings. The van der Waals surface area contributed by atoms with Crippen LogP contribution in [-0.2, 0) is 13.2 Å². The largest absolute Gasteiger partial charge is 0.488 e. The van der Waals surface area contributed by atoms with Crippen molar-refractivity contribution in [3.63, 3.8) is 0 Å². The van der Waals surface area contributed by atoms with Gasteiger partial charge < -0.3 is 9.84 Å². The molecule has 0 unspecified atom stereocenters. The van der Waals surface area contributed by atoms with Crippen molar-refractivity contribution in [2.45, 2.75) is 20.1 Å². The Labute approximate surface area is 116 Å². The van der Waals surface area contributed by atoms with Crippen molar-refractivity contribution in [2.75, 3.05) is 0 Å². The van der Waals surface area contributed by atoms with E-state index in [2.05, 4.69) is 0 Å². The fourth-order valence-electron chi connectivity index (χ4n) is 1.83. The summed E-state index contributed by atoms with van der Waals surface area (Å²) >= 11 is 5.69. The lowest BCUT2D eigenvalue weighted by Gasteiger charge is -2.13. The van der Waals surface area contributed by atoms with Crippen LogP contribution in [0.3, 0.4) is 0 Å². The van der Waals surface area contributed by atoms with Gasteiger partial charge in [-0.2, -0.15) is 0 Å². The van der Waals surface area contributed by atoms with Gasteiger partial charge in [0.25, 0.3) is 0 Å². The lowest BCUT2D eigenvalue weighted by molar-refractivity contribution is 0.256. The highest BCUT2D eigenvalue weighted by atomic mass is 35.5. The van der Waals surface area contributed by atoms with Crippen LogP contribution in [0.5, 0.6) is 5.75 Å². The summed E-state index contributed by atoms with van der Waals surface area (Å²) in [4.78, 5) is 0. The van der Waals surface area contributed by atoms with E-state index in [0.29, 0.717) is 21.9 Å². The first-order chi connectivity index (χ1) is 9.11. The number of para-hydroxylation sites is 1. The van der Waals surface area contributed by atoms with Crippen LogP contribution in [0.4, 0.5) is 4.39 Å². The molecule has 2 aromatic carbocycles. The van der Waals surface area contributed by atoms with Crippen LogP contribution in [0.2, 0.25) is 5.02 Å². The Morgan fingerprint density at radius 1 is 1.21 bits per heavy atom. The average molecular weight is 281 g/mol. The van der Waals surface area contributed by atoms with Crippen molar-refractivity contribution in [2.24, 2.45) is 0 Å². The third-order valence-electron chi connectivity index (χ3n) is 2.85. The van der Waals surface area contributed by atoms with Crippen molar-refractivity contribution in [3.8, 4) is 5.75 Å². The molecule has 0 aromatic heterocycles. The molecule has 0 atom stereocenters. The SMILES string of the molecule is Cc1cccc(CO)c1OCc1ccc(Cl)cc1F. The van der Waals surface area contributed by atoms with Crippen molar-refractivity contribution in [1.29, 1.82) is 0 Å². The molecule has 2 nitrogen and oxygen atoms in total. The second-order valence-electron chi connectivity index (χ2n) is 4.25. The Hall–Kier alpha value is -1.58. The highest BCUT2D eigenvalue weighted by molar-refractivity contribution is 6.30. The highest BCUT2D eigenvalue weighted by Crippen LogP contribution is 2.25. The minimum absolute atomic E-state index is 0.0981. The molecular formula is C15H14ClFO2. The number of hydrogen-bond donors (Lipinski definition) is 1. The minimum Gasteiger partial charge on any atom is -0.488 e. The maximum atomic E-state index is 13.6. The smallest absolute Gasteiger partial charge is 0.131 e. The van der Waals surface area contributed by atoms with Crippen LogP contribution in [0, 0.1) is 12.7 Å². The lowest BCUT2D eigenvalue weighted by atomic mass is 10.1. The average Bonchev–Trinajstić information content (AvgIpc) is 2.39. The third kappa shape index (κ3) is 3.25. The number of hydrogen-bond acceptors (Lipinski definition) is 2. The number of rotatable bonds is 4. The fraction of sp³-hybridized carbons (Fsp3) is 0.200. The van der Waals surface area contributed by atoms with Crippen LogP contribution in [0.25, 0.3) is 0 Å². The van der Waals surface area contributed by atoms with Gasteiger partial charge in [0.1, 0.15) is 18.2 Å². The van der Waals surface area contributed by atoms with Crippen LogP contribution in [-0.4, -0.2) is 5.11 Å². The van der Waals surface area contributed by atoms with Gasteiger partial charge in [0.15, 0.2) is 0 Å². The standard InChI is InChI=1S/C15H14ClFO2/c1-10-3-2-4-11(8-18)15(10)19-9-12-5-6-13(16)7-14(12)17/h2-7,18H,8-9H2,1H3. The van der Waals surface area contributed by atoms with Crippen LogP contribution >= 0.6 is 11.6 Å². The van der Waals surface area contributed by atoms with E-state index < -0.39 is 5.82 Å². The van der Waals surface area contributed by atoms with Gasteiger partial charge >= 0.3 is 0 Å². The first kappa shape index (κ1) is 13.8. The van der Waals surface area contributed by atoms with Gasteiger partial charge in [-0.1, -0.05) is 35.9 Å². The maximum absolute atomic E-state index is 13.6. The number of ether oxygens (including phenoxy) is 1. The van der Waals surface area contributed by atoms with Crippen LogP contribution < -0.4 is 4.74 Å². The van der Waals surface area contributed by atoms with Crippen molar-refractivity contribution >= 4 is 11.6 Å². The van der Waals surface area contributed by atoms with Gasteiger partial charge in [0, 0.05) is 16.1 Å². The summed E-state index contributed by atoms with van der Waals surface area (Å²) in [5, 5.41) is 9.61. The summed E-state index contributed by atoms with van der Waals surface area (Å²) in [6.07, 6.45) is 0. The molecule has 19 heavy (non-hydrogen) atoms. The number of aliphatic hydroxyl groups is 1. The van der Waals surface area contributed by atoms with E-state index in [1.165, 1.54) is 6.07 Å². The Kier molecular flexibility index (Phi) is 4.40. The minimum atomic E-state index is -0.397. The fourth-order valence-corrected chi connectivity index (χ4v) is 1.99. The second-order valence-corrected chi connectivity index (χ2v) is 4.68. The molecule has 0 saturated carbocycles. The van der Waals surface area contributed by atoms with E-state index in [-0.39, 0.29) is 13.2 Å². The molecule has 0 amide bonds. The van der Waals surface area contributed by atoms with Crippen molar-refractivity contribution in [1.82, 2.24) is 0 Å². The Morgan fingerprint density at radius 3 is 2.68 bits per heavy atom. The van der Waals surface area contributed by atoms with Gasteiger partial charge in [-0.15, -0.1) is 0 Å². The predicted molar refractivity (Wildman–Crippen MR) is 72.8 cm³/mol. The molecule has 4 heteroatoms. The van der Waals surface area contributed by atoms with E-state index in [4.69, 9.17) is 16.3 Å². The third-order valence-corrected chi connectivity index (χ3v) is 3.09. The summed E-state index contributed by atoms with van der Waals surface area (Å²) in [5.41, 5.74) is 2.02. The van der Waals surface area contributed by atoms with E-state index in [9.17, 15) is 9.50 Å². The summed E-state index contributed by atoms with van der Waals surface area (Å²) < 4.78 is 19.2. The molecule has 0 aliphatic carbocycles. The molecule has 0 saturated heterocycles. The number of aryl methyl sites for hydroxylation is 1. The van der Waals surface area contributed by atoms with Gasteiger partial charge in [-0.3, -0.25) is 0 Å². The zero-order valence-electron chi connectivity index (χ0n) is 10.5. The molecule has 0 fully saturated rings. The van der Waals surface area contributed by atoms with Crippen molar-refractivity contribution in [3.05, 3.63) is 63.9 Å².